The molecule has 0 aromatic rings. The van der Waals surface area contributed by atoms with Crippen molar-refractivity contribution in [2.24, 2.45) is 5.92 Å². The van der Waals surface area contributed by atoms with E-state index >= 15 is 0 Å². The lowest BCUT2D eigenvalue weighted by molar-refractivity contribution is 0.220. The van der Waals surface area contributed by atoms with Crippen LogP contribution in [0.5, 0.6) is 0 Å². The van der Waals surface area contributed by atoms with Gasteiger partial charge >= 0.3 is 0 Å². The Balaban J connectivity index is 1.79. The van der Waals surface area contributed by atoms with E-state index in [0.717, 1.165) is 12.0 Å². The second kappa shape index (κ2) is 6.61. The Bertz CT molecular complexity index is 179. The van der Waals surface area contributed by atoms with Gasteiger partial charge in [-0.3, -0.25) is 0 Å². The van der Waals surface area contributed by atoms with Crippen molar-refractivity contribution in [1.82, 2.24) is 10.2 Å². The van der Waals surface area contributed by atoms with Crippen molar-refractivity contribution in [3.05, 3.63) is 0 Å². The van der Waals surface area contributed by atoms with Crippen LogP contribution in [0.15, 0.2) is 0 Å². The van der Waals surface area contributed by atoms with E-state index in [4.69, 9.17) is 0 Å². The molecule has 0 amide bonds. The molecule has 2 heteroatoms. The molecule has 16 heavy (non-hydrogen) atoms. The molecule has 1 aliphatic heterocycles. The summed E-state index contributed by atoms with van der Waals surface area (Å²) in [4.78, 5) is 2.70. The summed E-state index contributed by atoms with van der Waals surface area (Å²) in [5.41, 5.74) is 0. The van der Waals surface area contributed by atoms with E-state index in [2.05, 4.69) is 17.3 Å². The predicted molar refractivity (Wildman–Crippen MR) is 69.7 cm³/mol. The highest BCUT2D eigenvalue weighted by Gasteiger charge is 2.25. The Morgan fingerprint density at radius 2 is 1.62 bits per heavy atom. The van der Waals surface area contributed by atoms with E-state index in [-0.39, 0.29) is 0 Å². The number of rotatable bonds is 4. The zero-order valence-corrected chi connectivity index (χ0v) is 10.9. The minimum atomic E-state index is 0.751. The van der Waals surface area contributed by atoms with Gasteiger partial charge in [0.2, 0.25) is 0 Å². The second-order valence-electron chi connectivity index (χ2n) is 5.65. The Morgan fingerprint density at radius 3 is 2.19 bits per heavy atom. The standard InChI is InChI=1S/C14H28N2/c1-15-14(13-8-4-5-9-13)12-16-10-6-2-3-7-11-16/h13-15H,2-12H2,1H3. The Hall–Kier alpha value is -0.0800. The van der Waals surface area contributed by atoms with Crippen LogP contribution in [0.2, 0.25) is 0 Å². The molecule has 2 aliphatic rings. The van der Waals surface area contributed by atoms with Crippen LogP contribution in [0.3, 0.4) is 0 Å². The lowest BCUT2D eigenvalue weighted by Crippen LogP contribution is -2.43. The molecule has 2 nitrogen and oxygen atoms in total. The van der Waals surface area contributed by atoms with Crippen LogP contribution in [-0.2, 0) is 0 Å². The molecule has 1 aliphatic carbocycles. The molecular weight excluding hydrogens is 196 g/mol. The monoisotopic (exact) mass is 224 g/mol. The van der Waals surface area contributed by atoms with E-state index < -0.39 is 0 Å². The third kappa shape index (κ3) is 3.46. The van der Waals surface area contributed by atoms with Crippen molar-refractivity contribution in [3.8, 4) is 0 Å². The van der Waals surface area contributed by atoms with Crippen molar-refractivity contribution < 1.29 is 0 Å². The third-order valence-electron chi connectivity index (χ3n) is 4.49. The van der Waals surface area contributed by atoms with Gasteiger partial charge in [0.1, 0.15) is 0 Å². The number of likely N-dealkylation sites (tertiary alicyclic amines) is 1. The smallest absolute Gasteiger partial charge is 0.0220 e. The summed E-state index contributed by atoms with van der Waals surface area (Å²) in [6.45, 7) is 3.97. The number of hydrogen-bond donors (Lipinski definition) is 1. The average molecular weight is 224 g/mol. The maximum absolute atomic E-state index is 3.57. The first-order valence-corrected chi connectivity index (χ1v) is 7.30. The van der Waals surface area contributed by atoms with Crippen LogP contribution < -0.4 is 5.32 Å². The SMILES string of the molecule is CNC(CN1CCCCCC1)C1CCCC1. The minimum Gasteiger partial charge on any atom is -0.315 e. The molecule has 1 saturated carbocycles. The summed E-state index contributed by atoms with van der Waals surface area (Å²) in [5, 5.41) is 3.57. The highest BCUT2D eigenvalue weighted by atomic mass is 15.1. The van der Waals surface area contributed by atoms with Gasteiger partial charge in [-0.1, -0.05) is 25.7 Å². The highest BCUT2D eigenvalue weighted by Crippen LogP contribution is 2.28. The van der Waals surface area contributed by atoms with Crippen molar-refractivity contribution in [1.29, 1.82) is 0 Å². The highest BCUT2D eigenvalue weighted by molar-refractivity contribution is 4.82. The second-order valence-corrected chi connectivity index (χ2v) is 5.65. The largest absolute Gasteiger partial charge is 0.315 e. The average Bonchev–Trinajstić information content (AvgIpc) is 2.71. The molecule has 1 unspecified atom stereocenters. The Kier molecular flexibility index (Phi) is 5.11. The first-order valence-electron chi connectivity index (χ1n) is 7.30. The Labute approximate surface area is 101 Å². The number of nitrogens with one attached hydrogen (secondary N) is 1. The van der Waals surface area contributed by atoms with Crippen LogP contribution in [-0.4, -0.2) is 37.6 Å². The van der Waals surface area contributed by atoms with Crippen LogP contribution >= 0.6 is 0 Å². The Morgan fingerprint density at radius 1 is 1.00 bits per heavy atom. The van der Waals surface area contributed by atoms with Gasteiger partial charge in [0.15, 0.2) is 0 Å². The normalized spacial score (nSPS) is 26.8. The fraction of sp³-hybridized carbons (Fsp3) is 1.00. The van der Waals surface area contributed by atoms with Gasteiger partial charge in [-0.15, -0.1) is 0 Å². The van der Waals surface area contributed by atoms with Crippen molar-refractivity contribution in [2.75, 3.05) is 26.7 Å². The maximum Gasteiger partial charge on any atom is 0.0220 e. The lowest BCUT2D eigenvalue weighted by Gasteiger charge is -2.29. The van der Waals surface area contributed by atoms with E-state index in [1.807, 2.05) is 0 Å². The van der Waals surface area contributed by atoms with Crippen LogP contribution in [0, 0.1) is 5.92 Å². The summed E-state index contributed by atoms with van der Waals surface area (Å²) < 4.78 is 0. The molecule has 0 aromatic carbocycles. The van der Waals surface area contributed by atoms with E-state index in [0.29, 0.717) is 0 Å². The molecule has 0 radical (unpaired) electrons. The fourth-order valence-electron chi connectivity index (χ4n) is 3.43. The predicted octanol–water partition coefficient (Wildman–Crippen LogP) is 2.64. The van der Waals surface area contributed by atoms with Crippen LogP contribution in [0.1, 0.15) is 51.4 Å². The van der Waals surface area contributed by atoms with Crippen molar-refractivity contribution in [2.45, 2.75) is 57.4 Å². The molecule has 0 aromatic heterocycles. The molecular formula is C14H28N2. The first kappa shape index (κ1) is 12.4. The van der Waals surface area contributed by atoms with Gasteiger partial charge < -0.3 is 10.2 Å². The first-order chi connectivity index (χ1) is 7.90. The van der Waals surface area contributed by atoms with Gasteiger partial charge in [-0.05, 0) is 51.7 Å². The van der Waals surface area contributed by atoms with Crippen LogP contribution in [0.4, 0.5) is 0 Å². The lowest BCUT2D eigenvalue weighted by atomic mass is 9.97. The number of hydrogen-bond acceptors (Lipinski definition) is 2. The molecule has 2 fully saturated rings. The molecule has 1 N–H and O–H groups in total. The zero-order chi connectivity index (χ0) is 11.2. The summed E-state index contributed by atoms with van der Waals surface area (Å²) in [5.74, 6) is 0.952. The topological polar surface area (TPSA) is 15.3 Å². The molecule has 94 valence electrons. The van der Waals surface area contributed by atoms with Gasteiger partial charge in [-0.2, -0.15) is 0 Å². The molecule has 1 heterocycles. The summed E-state index contributed by atoms with van der Waals surface area (Å²) in [6, 6.07) is 0.751. The third-order valence-corrected chi connectivity index (χ3v) is 4.49. The van der Waals surface area contributed by atoms with E-state index in [1.54, 1.807) is 0 Å². The molecule has 0 bridgehead atoms. The molecule has 1 saturated heterocycles. The van der Waals surface area contributed by atoms with E-state index in [9.17, 15) is 0 Å². The molecule has 0 spiro atoms. The molecule has 1 atom stereocenters. The van der Waals surface area contributed by atoms with Gasteiger partial charge in [0.25, 0.3) is 0 Å². The summed E-state index contributed by atoms with van der Waals surface area (Å²) >= 11 is 0. The van der Waals surface area contributed by atoms with Crippen molar-refractivity contribution >= 4 is 0 Å². The summed E-state index contributed by atoms with van der Waals surface area (Å²) in [7, 11) is 2.15. The number of likely N-dealkylation sites (N-methyl/N-ethyl adjacent to an activating group) is 1. The van der Waals surface area contributed by atoms with E-state index in [1.165, 1.54) is 71.0 Å². The van der Waals surface area contributed by atoms with Crippen molar-refractivity contribution in [3.63, 3.8) is 0 Å². The van der Waals surface area contributed by atoms with Gasteiger partial charge in [0.05, 0.1) is 0 Å². The van der Waals surface area contributed by atoms with Gasteiger partial charge in [0, 0.05) is 12.6 Å². The summed E-state index contributed by atoms with van der Waals surface area (Å²) in [6.07, 6.45) is 11.6. The fourth-order valence-corrected chi connectivity index (χ4v) is 3.43. The van der Waals surface area contributed by atoms with Gasteiger partial charge in [-0.25, -0.2) is 0 Å². The number of nitrogens with zero attached hydrogens (tertiary/aromatic N) is 1. The molecule has 2 rings (SSSR count). The minimum absolute atomic E-state index is 0.751. The zero-order valence-electron chi connectivity index (χ0n) is 10.9. The van der Waals surface area contributed by atoms with Crippen LogP contribution in [0.25, 0.3) is 0 Å². The quantitative estimate of drug-likeness (QED) is 0.790. The maximum atomic E-state index is 3.57.